The van der Waals surface area contributed by atoms with Crippen LogP contribution in [0.2, 0.25) is 0 Å². The van der Waals surface area contributed by atoms with Crippen molar-refractivity contribution in [1.82, 2.24) is 10.2 Å². The molecule has 0 saturated carbocycles. The monoisotopic (exact) mass is 390 g/mol. The lowest BCUT2D eigenvalue weighted by Crippen LogP contribution is -2.53. The second kappa shape index (κ2) is 7.16. The van der Waals surface area contributed by atoms with Crippen LogP contribution in [0.3, 0.4) is 0 Å². The molecule has 15 heteroatoms. The molecule has 0 bridgehead atoms. The molecule has 4 unspecified atom stereocenters. The van der Waals surface area contributed by atoms with E-state index in [0.29, 0.717) is 0 Å². The molecule has 13 nitrogen and oxygen atoms in total. The van der Waals surface area contributed by atoms with E-state index in [2.05, 4.69) is 14.2 Å². The summed E-state index contributed by atoms with van der Waals surface area (Å²) in [6, 6.07) is -0.692. The van der Waals surface area contributed by atoms with E-state index in [1.807, 2.05) is 0 Å². The largest absolute Gasteiger partial charge is 0.481 e. The Morgan fingerprint density at radius 2 is 1.96 bits per heavy atom. The van der Waals surface area contributed by atoms with E-state index >= 15 is 0 Å². The number of urea groups is 1. The number of phosphoric ester groups is 1. The molecule has 138 valence electrons. The highest BCUT2D eigenvalue weighted by Gasteiger charge is 2.42. The minimum Gasteiger partial charge on any atom is -0.390 e. The molecule has 2 aliphatic rings. The van der Waals surface area contributed by atoms with Gasteiger partial charge in [-0.15, -0.1) is 0 Å². The number of carbonyl (C=O) groups excluding carboxylic acids is 2. The van der Waals surface area contributed by atoms with Crippen molar-refractivity contribution in [3.8, 4) is 0 Å². The Kier molecular flexibility index (Phi) is 5.80. The highest BCUT2D eigenvalue weighted by molar-refractivity contribution is 7.60. The number of aliphatic hydroxyl groups is 1. The van der Waals surface area contributed by atoms with E-state index in [4.69, 9.17) is 19.4 Å². The normalized spacial score (nSPS) is 31.0. The van der Waals surface area contributed by atoms with Crippen LogP contribution in [0.15, 0.2) is 0 Å². The summed E-state index contributed by atoms with van der Waals surface area (Å²) in [6.45, 7) is -0.630. The third-order valence-corrected chi connectivity index (χ3v) is 5.40. The first kappa shape index (κ1) is 19.4. The zero-order valence-corrected chi connectivity index (χ0v) is 13.8. The van der Waals surface area contributed by atoms with Crippen LogP contribution in [0, 0.1) is 0 Å². The van der Waals surface area contributed by atoms with Crippen LogP contribution in [0.5, 0.6) is 0 Å². The molecular formula is C9H16N2O11P2. The molecule has 0 aromatic heterocycles. The summed E-state index contributed by atoms with van der Waals surface area (Å²) >= 11 is 0. The molecule has 0 aromatic carbocycles. The van der Waals surface area contributed by atoms with Crippen LogP contribution < -0.4 is 5.32 Å². The lowest BCUT2D eigenvalue weighted by Gasteiger charge is -2.31. The molecule has 2 aliphatic heterocycles. The average molecular weight is 390 g/mol. The number of hydrogen-bond donors (Lipinski definition) is 5. The van der Waals surface area contributed by atoms with Gasteiger partial charge in [0.05, 0.1) is 12.7 Å². The van der Waals surface area contributed by atoms with E-state index in [9.17, 15) is 23.8 Å². The van der Waals surface area contributed by atoms with E-state index < -0.39 is 52.6 Å². The molecule has 4 atom stereocenters. The SMILES string of the molecule is O=C1CCN(C2CC(O)C(COP(=O)(O)OP(=O)(O)O)O2)C(=O)N1. The van der Waals surface area contributed by atoms with Gasteiger partial charge in [-0.05, 0) is 0 Å². The Morgan fingerprint density at radius 1 is 1.29 bits per heavy atom. The zero-order chi connectivity index (χ0) is 18.1. The standard InChI is InChI=1S/C9H16N2O11P2/c12-5-3-8(11-2-1-7(13)10-9(11)14)21-6(5)4-20-24(18,19)22-23(15,16)17/h5-6,8,12H,1-4H2,(H,18,19)(H,10,13,14)(H2,15,16,17). The maximum Gasteiger partial charge on any atom is 0.481 e. The van der Waals surface area contributed by atoms with Gasteiger partial charge >= 0.3 is 21.7 Å². The first-order valence-corrected chi connectivity index (χ1v) is 9.67. The minimum atomic E-state index is -5.25. The van der Waals surface area contributed by atoms with Crippen LogP contribution in [-0.2, 0) is 27.5 Å². The van der Waals surface area contributed by atoms with Gasteiger partial charge in [0, 0.05) is 19.4 Å². The summed E-state index contributed by atoms with van der Waals surface area (Å²) in [6.07, 6.45) is -3.17. The third-order valence-electron chi connectivity index (χ3n) is 3.25. The van der Waals surface area contributed by atoms with Gasteiger partial charge in [-0.1, -0.05) is 0 Å². The number of imide groups is 1. The fourth-order valence-corrected chi connectivity index (χ4v) is 3.83. The second-order valence-corrected chi connectivity index (χ2v) is 7.90. The zero-order valence-electron chi connectivity index (χ0n) is 12.0. The minimum absolute atomic E-state index is 0.0370. The number of rotatable bonds is 6. The van der Waals surface area contributed by atoms with E-state index in [0.717, 1.165) is 0 Å². The van der Waals surface area contributed by atoms with Crippen LogP contribution in [0.25, 0.3) is 0 Å². The first-order chi connectivity index (χ1) is 11.0. The van der Waals surface area contributed by atoms with Crippen molar-refractivity contribution in [2.24, 2.45) is 0 Å². The van der Waals surface area contributed by atoms with Crippen molar-refractivity contribution in [3.63, 3.8) is 0 Å². The molecule has 2 rings (SSSR count). The number of aliphatic hydroxyl groups excluding tert-OH is 1. The predicted molar refractivity (Wildman–Crippen MR) is 73.1 cm³/mol. The molecule has 0 aliphatic carbocycles. The van der Waals surface area contributed by atoms with Crippen LogP contribution in [0.4, 0.5) is 4.79 Å². The van der Waals surface area contributed by atoms with Crippen molar-refractivity contribution in [1.29, 1.82) is 0 Å². The highest BCUT2D eigenvalue weighted by atomic mass is 31.3. The number of ether oxygens (including phenoxy) is 1. The van der Waals surface area contributed by atoms with Crippen molar-refractivity contribution < 1.29 is 52.1 Å². The Bertz CT molecular complexity index is 606. The van der Waals surface area contributed by atoms with E-state index in [1.165, 1.54) is 4.90 Å². The lowest BCUT2D eigenvalue weighted by atomic mass is 10.2. The molecule has 2 fully saturated rings. The summed E-state index contributed by atoms with van der Waals surface area (Å²) in [5, 5.41) is 11.9. The second-order valence-electron chi connectivity index (χ2n) is 5.07. The predicted octanol–water partition coefficient (Wildman–Crippen LogP) is -1.37. The lowest BCUT2D eigenvalue weighted by molar-refractivity contribution is -0.123. The van der Waals surface area contributed by atoms with Crippen molar-refractivity contribution in [2.75, 3.05) is 13.2 Å². The number of carbonyl (C=O) groups is 2. The fourth-order valence-electron chi connectivity index (χ4n) is 2.23. The molecule has 2 heterocycles. The molecular weight excluding hydrogens is 374 g/mol. The number of nitrogens with zero attached hydrogens (tertiary/aromatic N) is 1. The van der Waals surface area contributed by atoms with Gasteiger partial charge in [0.15, 0.2) is 0 Å². The van der Waals surface area contributed by atoms with Gasteiger partial charge in [0.25, 0.3) is 0 Å². The van der Waals surface area contributed by atoms with Gasteiger partial charge in [-0.2, -0.15) is 4.31 Å². The molecule has 0 radical (unpaired) electrons. The van der Waals surface area contributed by atoms with Gasteiger partial charge in [0.2, 0.25) is 5.91 Å². The fraction of sp³-hybridized carbons (Fsp3) is 0.778. The number of hydrogen-bond acceptors (Lipinski definition) is 8. The Labute approximate surface area is 135 Å². The molecule has 0 aromatic rings. The molecule has 24 heavy (non-hydrogen) atoms. The Hall–Kier alpha value is -0.880. The Morgan fingerprint density at radius 3 is 2.54 bits per heavy atom. The maximum atomic E-state index is 11.7. The molecule has 5 N–H and O–H groups in total. The average Bonchev–Trinajstić information content (AvgIpc) is 2.75. The first-order valence-electron chi connectivity index (χ1n) is 6.65. The molecule has 0 spiro atoms. The van der Waals surface area contributed by atoms with Gasteiger partial charge < -0.3 is 24.5 Å². The van der Waals surface area contributed by atoms with E-state index in [1.54, 1.807) is 0 Å². The summed E-state index contributed by atoms with van der Waals surface area (Å²) in [5.41, 5.74) is 0. The third kappa shape index (κ3) is 5.31. The Balaban J connectivity index is 1.90. The van der Waals surface area contributed by atoms with E-state index in [-0.39, 0.29) is 19.4 Å². The summed E-state index contributed by atoms with van der Waals surface area (Å²) < 4.78 is 35.2. The van der Waals surface area contributed by atoms with Crippen molar-refractivity contribution in [3.05, 3.63) is 0 Å². The van der Waals surface area contributed by atoms with Crippen molar-refractivity contribution in [2.45, 2.75) is 31.3 Å². The van der Waals surface area contributed by atoms with Crippen LogP contribution in [-0.4, -0.2) is 68.2 Å². The van der Waals surface area contributed by atoms with Gasteiger partial charge in [-0.3, -0.25) is 19.5 Å². The number of amides is 3. The van der Waals surface area contributed by atoms with Gasteiger partial charge in [0.1, 0.15) is 12.3 Å². The molecule has 2 saturated heterocycles. The van der Waals surface area contributed by atoms with Crippen molar-refractivity contribution >= 4 is 27.6 Å². The topological polar surface area (TPSA) is 192 Å². The summed E-state index contributed by atoms with van der Waals surface area (Å²) in [7, 11) is -10.3. The van der Waals surface area contributed by atoms with Crippen LogP contribution >= 0.6 is 15.6 Å². The highest BCUT2D eigenvalue weighted by Crippen LogP contribution is 2.57. The van der Waals surface area contributed by atoms with Crippen LogP contribution in [0.1, 0.15) is 12.8 Å². The number of phosphoric acid groups is 2. The quantitative estimate of drug-likeness (QED) is 0.336. The number of nitrogens with one attached hydrogen (secondary N) is 1. The van der Waals surface area contributed by atoms with Gasteiger partial charge in [-0.25, -0.2) is 13.9 Å². The summed E-state index contributed by atoms with van der Waals surface area (Å²) in [4.78, 5) is 50.1. The summed E-state index contributed by atoms with van der Waals surface area (Å²) in [5.74, 6) is -0.439. The maximum absolute atomic E-state index is 11.7. The smallest absolute Gasteiger partial charge is 0.390 e. The molecule has 3 amide bonds.